The third-order valence-corrected chi connectivity index (χ3v) is 5.53. The molecule has 6 heteroatoms. The molecule has 0 bridgehead atoms. The van der Waals surface area contributed by atoms with Crippen LogP contribution in [-0.2, 0) is 9.47 Å². The molecule has 0 aromatic heterocycles. The fourth-order valence-electron chi connectivity index (χ4n) is 3.68. The second kappa shape index (κ2) is 9.85. The molecule has 0 amide bonds. The molecule has 1 aromatic rings. The number of ether oxygens (including phenoxy) is 2. The minimum absolute atomic E-state index is 0.222. The van der Waals surface area contributed by atoms with Crippen molar-refractivity contribution in [2.75, 3.05) is 32.1 Å². The number of rotatable bonds is 6. The summed E-state index contributed by atoms with van der Waals surface area (Å²) in [4.78, 5) is 14.2. The molecule has 1 aliphatic heterocycles. The number of carbonyl (C=O) groups is 1. The Hall–Kier alpha value is -1.92. The molecule has 1 saturated heterocycles. The third kappa shape index (κ3) is 5.53. The maximum absolute atomic E-state index is 12.0. The third-order valence-electron chi connectivity index (χ3n) is 5.17. The lowest BCUT2D eigenvalue weighted by atomic mass is 9.94. The van der Waals surface area contributed by atoms with Crippen molar-refractivity contribution < 1.29 is 14.3 Å². The monoisotopic (exact) mass is 388 g/mol. The second-order valence-electron chi connectivity index (χ2n) is 7.16. The maximum atomic E-state index is 12.0. The Morgan fingerprint density at radius 2 is 2.15 bits per heavy atom. The number of para-hydroxylation sites is 1. The van der Waals surface area contributed by atoms with Gasteiger partial charge in [-0.15, -0.1) is 0 Å². The van der Waals surface area contributed by atoms with Crippen LogP contribution in [0.2, 0.25) is 0 Å². The van der Waals surface area contributed by atoms with E-state index >= 15 is 0 Å². The average molecular weight is 389 g/mol. The van der Waals surface area contributed by atoms with Crippen LogP contribution in [-0.4, -0.2) is 48.9 Å². The number of carbonyl (C=O) groups excluding carboxylic acids is 1. The molecule has 1 heterocycles. The first-order valence-corrected chi connectivity index (χ1v) is 10.1. The van der Waals surface area contributed by atoms with Crippen molar-refractivity contribution >= 4 is 29.0 Å². The standard InChI is InChI=1S/C21H28N2O3S/c1-25-20(24)18-11-5-6-12-19(18)22-21(27)23(15-17-10-7-13-26-17)14-16-8-3-2-4-9-16/h2-3,5-6,11-12,16-17H,4,7-10,13-15H2,1H3,(H,22,27)/t16-,17+/m0/s1. The number of thiocarbonyl (C=S) groups is 1. The summed E-state index contributed by atoms with van der Waals surface area (Å²) in [6, 6.07) is 7.30. The van der Waals surface area contributed by atoms with Crippen LogP contribution in [0.5, 0.6) is 0 Å². The Balaban J connectivity index is 1.71. The summed E-state index contributed by atoms with van der Waals surface area (Å²) in [7, 11) is 1.39. The van der Waals surface area contributed by atoms with Crippen molar-refractivity contribution in [1.82, 2.24) is 4.90 Å². The smallest absolute Gasteiger partial charge is 0.339 e. The Bertz CT molecular complexity index is 686. The number of hydrogen-bond donors (Lipinski definition) is 1. The van der Waals surface area contributed by atoms with Gasteiger partial charge in [0.1, 0.15) is 0 Å². The molecule has 146 valence electrons. The molecule has 5 nitrogen and oxygen atoms in total. The molecule has 0 unspecified atom stereocenters. The highest BCUT2D eigenvalue weighted by Crippen LogP contribution is 2.23. The predicted molar refractivity (Wildman–Crippen MR) is 111 cm³/mol. The van der Waals surface area contributed by atoms with E-state index in [0.717, 1.165) is 45.4 Å². The van der Waals surface area contributed by atoms with E-state index in [-0.39, 0.29) is 12.1 Å². The molecule has 3 rings (SSSR count). The molecule has 2 aliphatic rings. The fourth-order valence-corrected chi connectivity index (χ4v) is 3.94. The summed E-state index contributed by atoms with van der Waals surface area (Å²) >= 11 is 5.73. The van der Waals surface area contributed by atoms with E-state index < -0.39 is 0 Å². The zero-order valence-corrected chi connectivity index (χ0v) is 16.7. The molecule has 1 fully saturated rings. The fraction of sp³-hybridized carbons (Fsp3) is 0.524. The average Bonchev–Trinajstić information content (AvgIpc) is 3.21. The van der Waals surface area contributed by atoms with Crippen molar-refractivity contribution in [3.8, 4) is 0 Å². The molecule has 1 aliphatic carbocycles. The van der Waals surface area contributed by atoms with Crippen LogP contribution < -0.4 is 5.32 Å². The van der Waals surface area contributed by atoms with Gasteiger partial charge in [-0.3, -0.25) is 0 Å². The molecule has 27 heavy (non-hydrogen) atoms. The number of hydrogen-bond acceptors (Lipinski definition) is 4. The van der Waals surface area contributed by atoms with Crippen molar-refractivity contribution in [1.29, 1.82) is 0 Å². The van der Waals surface area contributed by atoms with Crippen LogP contribution in [0.4, 0.5) is 5.69 Å². The molecule has 0 spiro atoms. The van der Waals surface area contributed by atoms with Crippen LogP contribution in [0.3, 0.4) is 0 Å². The van der Waals surface area contributed by atoms with Crippen molar-refractivity contribution in [2.24, 2.45) is 5.92 Å². The highest BCUT2D eigenvalue weighted by molar-refractivity contribution is 7.80. The van der Waals surface area contributed by atoms with E-state index in [0.29, 0.717) is 22.3 Å². The first-order valence-electron chi connectivity index (χ1n) is 9.67. The minimum atomic E-state index is -0.371. The van der Waals surface area contributed by atoms with Gasteiger partial charge in [-0.2, -0.15) is 0 Å². The summed E-state index contributed by atoms with van der Waals surface area (Å²) in [5.74, 6) is 0.219. The van der Waals surface area contributed by atoms with Gasteiger partial charge in [0.25, 0.3) is 0 Å². The Morgan fingerprint density at radius 1 is 1.30 bits per heavy atom. The number of benzene rings is 1. The van der Waals surface area contributed by atoms with Crippen LogP contribution >= 0.6 is 12.2 Å². The number of allylic oxidation sites excluding steroid dienone is 2. The predicted octanol–water partition coefficient (Wildman–Crippen LogP) is 4.01. The lowest BCUT2D eigenvalue weighted by molar-refractivity contribution is 0.0602. The molecular formula is C21H28N2O3S. The summed E-state index contributed by atoms with van der Waals surface area (Å²) in [5.41, 5.74) is 1.16. The highest BCUT2D eigenvalue weighted by Gasteiger charge is 2.24. The van der Waals surface area contributed by atoms with Gasteiger partial charge in [0.05, 0.1) is 24.5 Å². The molecular weight excluding hydrogens is 360 g/mol. The Morgan fingerprint density at radius 3 is 2.85 bits per heavy atom. The van der Waals surface area contributed by atoms with Crippen LogP contribution in [0.1, 0.15) is 42.5 Å². The zero-order valence-electron chi connectivity index (χ0n) is 15.9. The SMILES string of the molecule is COC(=O)c1ccccc1NC(=S)N(C[C@H]1CC=CCC1)C[C@H]1CCCO1. The first kappa shape index (κ1) is 19.8. The largest absolute Gasteiger partial charge is 0.465 e. The lowest BCUT2D eigenvalue weighted by Crippen LogP contribution is -2.43. The van der Waals surface area contributed by atoms with Gasteiger partial charge in [-0.05, 0) is 62.4 Å². The summed E-state index contributed by atoms with van der Waals surface area (Å²) in [5, 5.41) is 3.91. The van der Waals surface area contributed by atoms with E-state index in [1.807, 2.05) is 18.2 Å². The van der Waals surface area contributed by atoms with Crippen molar-refractivity contribution in [3.05, 3.63) is 42.0 Å². The van der Waals surface area contributed by atoms with Gasteiger partial charge in [0, 0.05) is 19.7 Å². The van der Waals surface area contributed by atoms with E-state index in [1.165, 1.54) is 13.5 Å². The Labute approximate surface area is 166 Å². The molecule has 1 aromatic carbocycles. The number of esters is 1. The van der Waals surface area contributed by atoms with E-state index in [4.69, 9.17) is 21.7 Å². The molecule has 0 saturated carbocycles. The molecule has 2 atom stereocenters. The van der Waals surface area contributed by atoms with E-state index in [9.17, 15) is 4.79 Å². The van der Waals surface area contributed by atoms with Crippen molar-refractivity contribution in [2.45, 2.75) is 38.2 Å². The number of nitrogens with zero attached hydrogens (tertiary/aromatic N) is 1. The van der Waals surface area contributed by atoms with Crippen LogP contribution in [0.25, 0.3) is 0 Å². The van der Waals surface area contributed by atoms with Gasteiger partial charge < -0.3 is 19.7 Å². The Kier molecular flexibility index (Phi) is 7.24. The van der Waals surface area contributed by atoms with Gasteiger partial charge in [0.2, 0.25) is 0 Å². The molecule has 0 radical (unpaired) electrons. The lowest BCUT2D eigenvalue weighted by Gasteiger charge is -2.32. The number of nitrogens with one attached hydrogen (secondary N) is 1. The molecule has 1 N–H and O–H groups in total. The second-order valence-corrected chi connectivity index (χ2v) is 7.54. The van der Waals surface area contributed by atoms with Gasteiger partial charge in [0.15, 0.2) is 5.11 Å². The highest BCUT2D eigenvalue weighted by atomic mass is 32.1. The van der Waals surface area contributed by atoms with Gasteiger partial charge >= 0.3 is 5.97 Å². The van der Waals surface area contributed by atoms with Crippen LogP contribution in [0, 0.1) is 5.92 Å². The normalized spacial score (nSPS) is 21.7. The topological polar surface area (TPSA) is 50.8 Å². The van der Waals surface area contributed by atoms with E-state index in [1.54, 1.807) is 6.07 Å². The quantitative estimate of drug-likeness (QED) is 0.451. The van der Waals surface area contributed by atoms with Gasteiger partial charge in [-0.1, -0.05) is 24.3 Å². The van der Waals surface area contributed by atoms with Gasteiger partial charge in [-0.25, -0.2) is 4.79 Å². The number of anilines is 1. The minimum Gasteiger partial charge on any atom is -0.465 e. The number of methoxy groups -OCH3 is 1. The maximum Gasteiger partial charge on any atom is 0.339 e. The zero-order chi connectivity index (χ0) is 19.1. The summed E-state index contributed by atoms with van der Waals surface area (Å²) in [6.07, 6.45) is 10.3. The summed E-state index contributed by atoms with van der Waals surface area (Å²) < 4.78 is 10.7. The van der Waals surface area contributed by atoms with Crippen molar-refractivity contribution in [3.63, 3.8) is 0 Å². The summed E-state index contributed by atoms with van der Waals surface area (Å²) in [6.45, 7) is 2.51. The van der Waals surface area contributed by atoms with E-state index in [2.05, 4.69) is 22.4 Å². The van der Waals surface area contributed by atoms with Crippen LogP contribution in [0.15, 0.2) is 36.4 Å². The first-order chi connectivity index (χ1) is 13.2.